The molecule has 0 atom stereocenters. The van der Waals surface area contributed by atoms with Crippen LogP contribution in [0.15, 0.2) is 18.2 Å². The Morgan fingerprint density at radius 1 is 1.22 bits per heavy atom. The molecule has 1 rings (SSSR count). The van der Waals surface area contributed by atoms with Crippen molar-refractivity contribution >= 4 is 44.1 Å². The fraction of sp³-hybridized carbons (Fsp3) is 0. The molecule has 0 N–H and O–H groups in total. The third-order valence-corrected chi connectivity index (χ3v) is 4.47. The van der Waals surface area contributed by atoms with Crippen molar-refractivity contribution in [3.8, 4) is 0 Å². The van der Waals surface area contributed by atoms with Crippen molar-refractivity contribution in [2.75, 3.05) is 0 Å². The van der Waals surface area contributed by atoms with Crippen LogP contribution in [0.2, 0.25) is 10.0 Å². The van der Waals surface area contributed by atoms with Gasteiger partial charge in [0.2, 0.25) is 0 Å². The third-order valence-electron chi connectivity index (χ3n) is 1.14. The first-order valence-corrected chi connectivity index (χ1v) is 5.48. The summed E-state index contributed by atoms with van der Waals surface area (Å²) < 4.78 is 1.21. The summed E-state index contributed by atoms with van der Waals surface area (Å²) in [5, 5.41) is 1.40. The molecule has 0 nitrogen and oxygen atoms in total. The van der Waals surface area contributed by atoms with E-state index in [0.29, 0.717) is 21.5 Å². The van der Waals surface area contributed by atoms with E-state index in [1.807, 2.05) is 12.1 Å². The van der Waals surface area contributed by atoms with Crippen LogP contribution in [0.5, 0.6) is 0 Å². The molecule has 0 aliphatic heterocycles. The first-order chi connectivity index (χ1) is 4.22. The molecule has 0 amide bonds. The quantitative estimate of drug-likeness (QED) is 0.573. The van der Waals surface area contributed by atoms with Gasteiger partial charge in [-0.15, -0.1) is 0 Å². The summed E-state index contributed by atoms with van der Waals surface area (Å²) >= 11 is 12.1. The SMILES string of the molecule is Clc1ccc[c]([GeH3])c1Cl. The second kappa shape index (κ2) is 2.95. The molecule has 48 valence electrons. The van der Waals surface area contributed by atoms with Crippen molar-refractivity contribution < 1.29 is 0 Å². The van der Waals surface area contributed by atoms with Gasteiger partial charge in [0.05, 0.1) is 0 Å². The maximum atomic E-state index is 5.79. The van der Waals surface area contributed by atoms with E-state index in [2.05, 4.69) is 0 Å². The average Bonchev–Trinajstić information content (AvgIpc) is 1.83. The zero-order chi connectivity index (χ0) is 6.85. The summed E-state index contributed by atoms with van der Waals surface area (Å²) in [4.78, 5) is 0. The van der Waals surface area contributed by atoms with Gasteiger partial charge in [0.15, 0.2) is 0 Å². The summed E-state index contributed by atoms with van der Waals surface area (Å²) in [6.07, 6.45) is 0. The molecule has 0 fully saturated rings. The molecule has 0 saturated carbocycles. The monoisotopic (exact) mass is 222 g/mol. The minimum atomic E-state index is 0.620. The van der Waals surface area contributed by atoms with Gasteiger partial charge in [-0.05, 0) is 0 Å². The van der Waals surface area contributed by atoms with Crippen molar-refractivity contribution in [2.45, 2.75) is 0 Å². The molecule has 0 aliphatic carbocycles. The first-order valence-electron chi connectivity index (χ1n) is 2.62. The van der Waals surface area contributed by atoms with Crippen LogP contribution >= 0.6 is 23.2 Å². The second-order valence-corrected chi connectivity index (χ2v) is 4.92. The number of benzene rings is 1. The Bertz CT molecular complexity index is 202. The van der Waals surface area contributed by atoms with Gasteiger partial charge in [-0.1, -0.05) is 0 Å². The van der Waals surface area contributed by atoms with Crippen LogP contribution < -0.4 is 4.40 Å². The Kier molecular flexibility index (Phi) is 2.44. The Labute approximate surface area is 72.4 Å². The van der Waals surface area contributed by atoms with E-state index in [4.69, 9.17) is 23.2 Å². The van der Waals surface area contributed by atoms with Crippen LogP contribution in [-0.2, 0) is 0 Å². The summed E-state index contributed by atoms with van der Waals surface area (Å²) in [5.74, 6) is 0. The molecular weight excluding hydrogens is 216 g/mol. The van der Waals surface area contributed by atoms with Crippen molar-refractivity contribution in [3.63, 3.8) is 0 Å². The number of hydrogen-bond acceptors (Lipinski definition) is 0. The number of hydrogen-bond donors (Lipinski definition) is 0. The van der Waals surface area contributed by atoms with Gasteiger partial charge in [-0.3, -0.25) is 0 Å². The summed E-state index contributed by atoms with van der Waals surface area (Å²) in [6.45, 7) is 0. The van der Waals surface area contributed by atoms with Crippen LogP contribution in [-0.4, -0.2) is 16.5 Å². The molecule has 1 aromatic carbocycles. The van der Waals surface area contributed by atoms with Gasteiger partial charge in [0.25, 0.3) is 0 Å². The molecule has 1 aromatic rings. The number of rotatable bonds is 0. The van der Waals surface area contributed by atoms with Crippen LogP contribution in [0.3, 0.4) is 0 Å². The fourth-order valence-corrected chi connectivity index (χ4v) is 2.26. The van der Waals surface area contributed by atoms with Gasteiger partial charge in [0, 0.05) is 0 Å². The summed E-state index contributed by atoms with van der Waals surface area (Å²) in [5.41, 5.74) is 0. The van der Waals surface area contributed by atoms with E-state index in [0.717, 1.165) is 5.02 Å². The third kappa shape index (κ3) is 1.63. The first kappa shape index (κ1) is 7.45. The Morgan fingerprint density at radius 2 is 1.89 bits per heavy atom. The molecular formula is C6H6Cl2Ge. The van der Waals surface area contributed by atoms with Crippen molar-refractivity contribution in [1.29, 1.82) is 0 Å². The fourth-order valence-electron chi connectivity index (χ4n) is 0.612. The zero-order valence-corrected chi connectivity index (χ0v) is 10.7. The van der Waals surface area contributed by atoms with Crippen LogP contribution in [0.4, 0.5) is 0 Å². The molecule has 0 bridgehead atoms. The standard InChI is InChI=1S/C6H6Cl2Ge/c7-4-2-1-3-5(9)6(4)8/h1-3H,9H3. The topological polar surface area (TPSA) is 0 Å². The molecule has 0 saturated heterocycles. The van der Waals surface area contributed by atoms with E-state index in [9.17, 15) is 0 Å². The van der Waals surface area contributed by atoms with E-state index in [1.165, 1.54) is 4.40 Å². The van der Waals surface area contributed by atoms with Gasteiger partial charge in [-0.25, -0.2) is 0 Å². The van der Waals surface area contributed by atoms with E-state index >= 15 is 0 Å². The molecule has 0 heterocycles. The van der Waals surface area contributed by atoms with E-state index < -0.39 is 0 Å². The van der Waals surface area contributed by atoms with E-state index in [-0.39, 0.29) is 0 Å². The molecule has 0 radical (unpaired) electrons. The van der Waals surface area contributed by atoms with Crippen molar-refractivity contribution in [2.24, 2.45) is 0 Å². The normalized spacial score (nSPS) is 10.0. The maximum absolute atomic E-state index is 5.79. The predicted molar refractivity (Wildman–Crippen MR) is 46.0 cm³/mol. The van der Waals surface area contributed by atoms with Gasteiger partial charge in [0.1, 0.15) is 0 Å². The van der Waals surface area contributed by atoms with Crippen LogP contribution in [0, 0.1) is 0 Å². The second-order valence-electron chi connectivity index (χ2n) is 1.87. The number of halogens is 2. The van der Waals surface area contributed by atoms with Gasteiger partial charge >= 0.3 is 72.4 Å². The predicted octanol–water partition coefficient (Wildman–Crippen LogP) is 0.984. The molecule has 9 heavy (non-hydrogen) atoms. The van der Waals surface area contributed by atoms with Crippen LogP contribution in [0.1, 0.15) is 0 Å². The zero-order valence-electron chi connectivity index (χ0n) is 4.99. The minimum absolute atomic E-state index is 0.620. The van der Waals surface area contributed by atoms with Crippen molar-refractivity contribution in [3.05, 3.63) is 28.2 Å². The Hall–Kier alpha value is 0.343. The molecule has 0 aromatic heterocycles. The summed E-state index contributed by atoms with van der Waals surface area (Å²) in [7, 11) is 0. The molecule has 0 spiro atoms. The van der Waals surface area contributed by atoms with Crippen LogP contribution in [0.25, 0.3) is 0 Å². The molecule has 0 aliphatic rings. The van der Waals surface area contributed by atoms with Gasteiger partial charge in [-0.2, -0.15) is 0 Å². The van der Waals surface area contributed by atoms with E-state index in [1.54, 1.807) is 6.07 Å². The molecule has 0 unspecified atom stereocenters. The molecule has 3 heteroatoms. The average molecular weight is 222 g/mol. The van der Waals surface area contributed by atoms with Crippen molar-refractivity contribution in [1.82, 2.24) is 0 Å². The van der Waals surface area contributed by atoms with Gasteiger partial charge < -0.3 is 0 Å². The Morgan fingerprint density at radius 3 is 2.33 bits per heavy atom. The Balaban J connectivity index is 3.25. The summed E-state index contributed by atoms with van der Waals surface area (Å²) in [6, 6.07) is 5.74.